The molecule has 22 heavy (non-hydrogen) atoms. The molecule has 4 rings (SSSR count). The van der Waals surface area contributed by atoms with E-state index in [4.69, 9.17) is 0 Å². The van der Waals surface area contributed by atoms with Crippen molar-refractivity contribution in [2.24, 2.45) is 5.92 Å². The van der Waals surface area contributed by atoms with Crippen LogP contribution in [0.15, 0.2) is 66.7 Å². The van der Waals surface area contributed by atoms with Crippen LogP contribution in [0.2, 0.25) is 0 Å². The summed E-state index contributed by atoms with van der Waals surface area (Å²) in [5, 5.41) is 1.94. The van der Waals surface area contributed by atoms with Gasteiger partial charge in [-0.1, -0.05) is 66.7 Å². The van der Waals surface area contributed by atoms with Crippen molar-refractivity contribution in [2.45, 2.75) is 6.42 Å². The minimum atomic E-state index is -0.580. The predicted octanol–water partition coefficient (Wildman–Crippen LogP) is 4.08. The highest BCUT2D eigenvalue weighted by molar-refractivity contribution is 6.21. The van der Waals surface area contributed by atoms with E-state index >= 15 is 0 Å². The number of hydrogen-bond donors (Lipinski definition) is 0. The van der Waals surface area contributed by atoms with E-state index in [2.05, 4.69) is 0 Å². The molecule has 0 saturated carbocycles. The Morgan fingerprint density at radius 2 is 1.59 bits per heavy atom. The molecule has 1 unspecified atom stereocenters. The van der Waals surface area contributed by atoms with Gasteiger partial charge in [-0.25, -0.2) is 0 Å². The van der Waals surface area contributed by atoms with Gasteiger partial charge < -0.3 is 0 Å². The fraction of sp³-hybridized carbons (Fsp3) is 0.100. The van der Waals surface area contributed by atoms with Crippen molar-refractivity contribution in [3.63, 3.8) is 0 Å². The standard InChI is InChI=1S/C20H14O2/c21-19-16-10-4-2-7-14(16)12-18(19)20(22)17-11-5-8-13-6-1-3-9-15(13)17/h1-11,18H,12H2. The molecule has 0 fully saturated rings. The molecule has 0 aliphatic heterocycles. The molecule has 0 amide bonds. The van der Waals surface area contributed by atoms with Gasteiger partial charge in [0.1, 0.15) is 0 Å². The molecule has 2 heteroatoms. The van der Waals surface area contributed by atoms with E-state index in [1.165, 1.54) is 0 Å². The quantitative estimate of drug-likeness (QED) is 0.525. The van der Waals surface area contributed by atoms with Crippen LogP contribution in [0, 0.1) is 5.92 Å². The van der Waals surface area contributed by atoms with E-state index in [-0.39, 0.29) is 11.6 Å². The van der Waals surface area contributed by atoms with Crippen molar-refractivity contribution in [2.75, 3.05) is 0 Å². The molecule has 1 aliphatic carbocycles. The van der Waals surface area contributed by atoms with Crippen molar-refractivity contribution < 1.29 is 9.59 Å². The van der Waals surface area contributed by atoms with Crippen molar-refractivity contribution in [1.82, 2.24) is 0 Å². The Morgan fingerprint density at radius 3 is 2.45 bits per heavy atom. The number of ketones is 2. The number of hydrogen-bond acceptors (Lipinski definition) is 2. The first-order valence-corrected chi connectivity index (χ1v) is 7.40. The molecular formula is C20H14O2. The van der Waals surface area contributed by atoms with Crippen LogP contribution < -0.4 is 0 Å². The maximum atomic E-state index is 12.9. The van der Waals surface area contributed by atoms with E-state index in [0.717, 1.165) is 16.3 Å². The normalized spacial score (nSPS) is 16.7. The zero-order valence-corrected chi connectivity index (χ0v) is 12.0. The largest absolute Gasteiger partial charge is 0.293 e. The van der Waals surface area contributed by atoms with Gasteiger partial charge in [0.25, 0.3) is 0 Å². The Bertz CT molecular complexity index is 903. The molecule has 1 atom stereocenters. The third kappa shape index (κ3) is 1.88. The van der Waals surface area contributed by atoms with Crippen molar-refractivity contribution >= 4 is 22.3 Å². The van der Waals surface area contributed by atoms with Gasteiger partial charge in [-0.3, -0.25) is 9.59 Å². The summed E-state index contributed by atoms with van der Waals surface area (Å²) < 4.78 is 0. The van der Waals surface area contributed by atoms with Gasteiger partial charge >= 0.3 is 0 Å². The number of benzene rings is 3. The number of rotatable bonds is 2. The first-order chi connectivity index (χ1) is 10.8. The molecule has 0 saturated heterocycles. The summed E-state index contributed by atoms with van der Waals surface area (Å²) >= 11 is 0. The molecule has 106 valence electrons. The summed E-state index contributed by atoms with van der Waals surface area (Å²) in [5.41, 5.74) is 2.32. The predicted molar refractivity (Wildman–Crippen MR) is 86.2 cm³/mol. The highest BCUT2D eigenvalue weighted by Gasteiger charge is 2.36. The van der Waals surface area contributed by atoms with Crippen LogP contribution in [-0.2, 0) is 6.42 Å². The Labute approximate surface area is 128 Å². The van der Waals surface area contributed by atoms with Crippen LogP contribution in [0.5, 0.6) is 0 Å². The number of Topliss-reactive ketones (excluding diaryl/α,β-unsaturated/α-hetero) is 2. The highest BCUT2D eigenvalue weighted by Crippen LogP contribution is 2.31. The topological polar surface area (TPSA) is 34.1 Å². The van der Waals surface area contributed by atoms with Gasteiger partial charge in [-0.05, 0) is 22.8 Å². The second-order valence-electron chi connectivity index (χ2n) is 5.67. The SMILES string of the molecule is O=C1c2ccccc2CC1C(=O)c1cccc2ccccc12. The van der Waals surface area contributed by atoms with Crippen LogP contribution >= 0.6 is 0 Å². The maximum absolute atomic E-state index is 12.9. The average molecular weight is 286 g/mol. The monoisotopic (exact) mass is 286 g/mol. The van der Waals surface area contributed by atoms with Crippen LogP contribution in [0.25, 0.3) is 10.8 Å². The van der Waals surface area contributed by atoms with Crippen molar-refractivity contribution in [3.05, 3.63) is 83.4 Å². The zero-order valence-electron chi connectivity index (χ0n) is 12.0. The van der Waals surface area contributed by atoms with Crippen molar-refractivity contribution in [1.29, 1.82) is 0 Å². The molecule has 0 N–H and O–H groups in total. The lowest BCUT2D eigenvalue weighted by molar-refractivity contribution is 0.0823. The Hall–Kier alpha value is -2.74. The van der Waals surface area contributed by atoms with E-state index in [1.54, 1.807) is 0 Å². The van der Waals surface area contributed by atoms with E-state index in [1.807, 2.05) is 66.7 Å². The first-order valence-electron chi connectivity index (χ1n) is 7.40. The molecule has 0 aromatic heterocycles. The van der Waals surface area contributed by atoms with Crippen LogP contribution in [0.1, 0.15) is 26.3 Å². The molecule has 0 heterocycles. The summed E-state index contributed by atoms with van der Waals surface area (Å²) in [6, 6.07) is 21.0. The third-order valence-electron chi connectivity index (χ3n) is 4.39. The molecule has 0 radical (unpaired) electrons. The van der Waals surface area contributed by atoms with Crippen LogP contribution in [-0.4, -0.2) is 11.6 Å². The molecule has 3 aromatic carbocycles. The first kappa shape index (κ1) is 13.0. The molecule has 0 spiro atoms. The Morgan fingerprint density at radius 1 is 0.864 bits per heavy atom. The van der Waals surface area contributed by atoms with Crippen molar-refractivity contribution in [3.8, 4) is 0 Å². The number of fused-ring (bicyclic) bond motifs is 2. The molecule has 3 aromatic rings. The maximum Gasteiger partial charge on any atom is 0.174 e. The lowest BCUT2D eigenvalue weighted by atomic mass is 9.91. The summed E-state index contributed by atoms with van der Waals surface area (Å²) in [5.74, 6) is -0.699. The van der Waals surface area contributed by atoms with Gasteiger partial charge in [0.2, 0.25) is 0 Å². The molecule has 0 bridgehead atoms. The summed E-state index contributed by atoms with van der Waals surface area (Å²) in [7, 11) is 0. The smallest absolute Gasteiger partial charge is 0.174 e. The lowest BCUT2D eigenvalue weighted by Gasteiger charge is -2.10. The van der Waals surface area contributed by atoms with Crippen LogP contribution in [0.4, 0.5) is 0 Å². The fourth-order valence-electron chi connectivity index (χ4n) is 3.28. The van der Waals surface area contributed by atoms with Crippen LogP contribution in [0.3, 0.4) is 0 Å². The zero-order chi connectivity index (χ0) is 15.1. The molecular weight excluding hydrogens is 272 g/mol. The summed E-state index contributed by atoms with van der Waals surface area (Å²) in [6.45, 7) is 0. The minimum absolute atomic E-state index is 0.0477. The molecule has 1 aliphatic rings. The van der Waals surface area contributed by atoms with Gasteiger partial charge in [-0.15, -0.1) is 0 Å². The van der Waals surface area contributed by atoms with E-state index in [0.29, 0.717) is 17.5 Å². The average Bonchev–Trinajstić information content (AvgIpc) is 2.91. The van der Waals surface area contributed by atoms with Gasteiger partial charge in [0.05, 0.1) is 5.92 Å². The summed E-state index contributed by atoms with van der Waals surface area (Å²) in [4.78, 5) is 25.4. The minimum Gasteiger partial charge on any atom is -0.293 e. The fourth-order valence-corrected chi connectivity index (χ4v) is 3.28. The van der Waals surface area contributed by atoms with E-state index in [9.17, 15) is 9.59 Å². The van der Waals surface area contributed by atoms with Gasteiger partial charge in [-0.2, -0.15) is 0 Å². The second-order valence-corrected chi connectivity index (χ2v) is 5.67. The lowest BCUT2D eigenvalue weighted by Crippen LogP contribution is -2.21. The number of carbonyl (C=O) groups is 2. The Kier molecular flexibility index (Phi) is 2.90. The van der Waals surface area contributed by atoms with Gasteiger partial charge in [0.15, 0.2) is 11.6 Å². The summed E-state index contributed by atoms with van der Waals surface area (Å²) in [6.07, 6.45) is 0.511. The van der Waals surface area contributed by atoms with Gasteiger partial charge in [0, 0.05) is 11.1 Å². The highest BCUT2D eigenvalue weighted by atomic mass is 16.2. The Balaban J connectivity index is 1.78. The second kappa shape index (κ2) is 4.92. The van der Waals surface area contributed by atoms with E-state index < -0.39 is 5.92 Å². The molecule has 2 nitrogen and oxygen atoms in total. The number of carbonyl (C=O) groups excluding carboxylic acids is 2. The third-order valence-corrected chi connectivity index (χ3v) is 4.39.